The van der Waals surface area contributed by atoms with E-state index in [2.05, 4.69) is 36.8 Å². The van der Waals surface area contributed by atoms with Gasteiger partial charge < -0.3 is 14.7 Å². The summed E-state index contributed by atoms with van der Waals surface area (Å²) >= 11 is 0. The minimum Gasteiger partial charge on any atom is -0.366 e. The highest BCUT2D eigenvalue weighted by molar-refractivity contribution is 5.58. The van der Waals surface area contributed by atoms with Gasteiger partial charge in [-0.25, -0.2) is 4.98 Å². The Labute approximate surface area is 153 Å². The fourth-order valence-electron chi connectivity index (χ4n) is 3.67. The fourth-order valence-corrected chi connectivity index (χ4v) is 3.67. The van der Waals surface area contributed by atoms with Gasteiger partial charge in [0.05, 0.1) is 17.4 Å². The van der Waals surface area contributed by atoms with Crippen molar-refractivity contribution < 1.29 is 0 Å². The second kappa shape index (κ2) is 7.16. The maximum absolute atomic E-state index is 9.30. The lowest BCUT2D eigenvalue weighted by Crippen LogP contribution is -2.47. The number of nitriles is 1. The van der Waals surface area contributed by atoms with Gasteiger partial charge in [-0.3, -0.25) is 4.98 Å². The number of hydrogen-bond acceptors (Lipinski definition) is 7. The molecule has 0 amide bonds. The molecule has 0 unspecified atom stereocenters. The lowest BCUT2D eigenvalue weighted by Gasteiger charge is -2.36. The molecule has 0 aromatic carbocycles. The number of nitrogens with zero attached hydrogens (tertiary/aromatic N) is 7. The first-order valence-corrected chi connectivity index (χ1v) is 9.19. The van der Waals surface area contributed by atoms with Gasteiger partial charge in [-0.05, 0) is 25.8 Å². The van der Waals surface area contributed by atoms with Crippen LogP contribution in [0.2, 0.25) is 0 Å². The van der Waals surface area contributed by atoms with Crippen molar-refractivity contribution in [3.8, 4) is 6.07 Å². The first-order chi connectivity index (χ1) is 12.7. The van der Waals surface area contributed by atoms with E-state index in [1.165, 1.54) is 12.8 Å². The largest absolute Gasteiger partial charge is 0.366 e. The number of aromatic nitrogens is 3. The van der Waals surface area contributed by atoms with Crippen LogP contribution in [0.3, 0.4) is 0 Å². The molecule has 4 rings (SSSR count). The van der Waals surface area contributed by atoms with Gasteiger partial charge in [0.2, 0.25) is 5.95 Å². The van der Waals surface area contributed by atoms with Crippen LogP contribution in [-0.2, 0) is 0 Å². The highest BCUT2D eigenvalue weighted by Crippen LogP contribution is 2.24. The van der Waals surface area contributed by atoms with Gasteiger partial charge in [-0.1, -0.05) is 0 Å². The molecular formula is C19H23N7. The second-order valence-electron chi connectivity index (χ2n) is 6.84. The number of pyridine rings is 1. The van der Waals surface area contributed by atoms with Gasteiger partial charge in [0, 0.05) is 57.2 Å². The Bertz CT molecular complexity index is 815. The average Bonchev–Trinajstić information content (AvgIpc) is 3.22. The summed E-state index contributed by atoms with van der Waals surface area (Å²) in [4.78, 5) is 20.5. The van der Waals surface area contributed by atoms with E-state index >= 15 is 0 Å². The molecule has 0 bridgehead atoms. The first-order valence-electron chi connectivity index (χ1n) is 9.19. The van der Waals surface area contributed by atoms with Crippen LogP contribution >= 0.6 is 0 Å². The van der Waals surface area contributed by atoms with E-state index in [0.29, 0.717) is 5.56 Å². The molecule has 7 nitrogen and oxygen atoms in total. The van der Waals surface area contributed by atoms with Crippen LogP contribution in [0.1, 0.15) is 24.1 Å². The van der Waals surface area contributed by atoms with Gasteiger partial charge in [0.1, 0.15) is 11.9 Å². The van der Waals surface area contributed by atoms with Gasteiger partial charge in [-0.2, -0.15) is 10.2 Å². The second-order valence-corrected chi connectivity index (χ2v) is 6.84. The molecule has 26 heavy (non-hydrogen) atoms. The van der Waals surface area contributed by atoms with Crippen molar-refractivity contribution in [3.05, 3.63) is 35.8 Å². The molecule has 0 saturated carbocycles. The van der Waals surface area contributed by atoms with Crippen LogP contribution in [0.5, 0.6) is 0 Å². The number of rotatable bonds is 3. The van der Waals surface area contributed by atoms with Gasteiger partial charge in [-0.15, -0.1) is 0 Å². The smallest absolute Gasteiger partial charge is 0.227 e. The molecule has 2 aromatic rings. The summed E-state index contributed by atoms with van der Waals surface area (Å²) in [6, 6.07) is 6.11. The Hall–Kier alpha value is -2.88. The minimum atomic E-state index is 0.677. The van der Waals surface area contributed by atoms with Gasteiger partial charge >= 0.3 is 0 Å². The van der Waals surface area contributed by atoms with Crippen molar-refractivity contribution in [3.63, 3.8) is 0 Å². The van der Waals surface area contributed by atoms with Crippen molar-refractivity contribution in [2.45, 2.75) is 19.8 Å². The van der Waals surface area contributed by atoms with E-state index in [4.69, 9.17) is 4.98 Å². The van der Waals surface area contributed by atoms with E-state index in [-0.39, 0.29) is 0 Å². The van der Waals surface area contributed by atoms with E-state index in [0.717, 1.165) is 62.4 Å². The van der Waals surface area contributed by atoms with E-state index in [9.17, 15) is 5.26 Å². The maximum Gasteiger partial charge on any atom is 0.227 e. The third-order valence-electron chi connectivity index (χ3n) is 5.08. The van der Waals surface area contributed by atoms with E-state index in [1.54, 1.807) is 18.5 Å². The lowest BCUT2D eigenvalue weighted by molar-refractivity contribution is 0.637. The summed E-state index contributed by atoms with van der Waals surface area (Å²) < 4.78 is 0. The monoisotopic (exact) mass is 349 g/mol. The number of piperazine rings is 1. The number of hydrogen-bond donors (Lipinski definition) is 0. The number of aryl methyl sites for hydroxylation is 1. The predicted molar refractivity (Wildman–Crippen MR) is 102 cm³/mol. The maximum atomic E-state index is 9.30. The molecule has 4 heterocycles. The van der Waals surface area contributed by atoms with Crippen molar-refractivity contribution in [2.24, 2.45) is 0 Å². The molecule has 7 heteroatoms. The molecule has 2 aliphatic rings. The first kappa shape index (κ1) is 16.6. The standard InChI is InChI=1S/C19H23N7/c1-15-12-18(25-6-2-3-7-25)23-19(22-15)26-10-8-24(9-11-26)17-14-21-5-4-16(17)13-20/h4-5,12,14H,2-3,6-11H2,1H3. The molecule has 0 N–H and O–H groups in total. The Morgan fingerprint density at radius 1 is 0.962 bits per heavy atom. The molecule has 2 fully saturated rings. The zero-order valence-corrected chi connectivity index (χ0v) is 15.1. The Morgan fingerprint density at radius 3 is 2.42 bits per heavy atom. The summed E-state index contributed by atoms with van der Waals surface area (Å²) in [6.07, 6.45) is 5.93. The highest BCUT2D eigenvalue weighted by Gasteiger charge is 2.23. The van der Waals surface area contributed by atoms with Crippen LogP contribution in [0.25, 0.3) is 0 Å². The predicted octanol–water partition coefficient (Wildman–Crippen LogP) is 1.98. The van der Waals surface area contributed by atoms with Crippen LogP contribution in [0.4, 0.5) is 17.5 Å². The SMILES string of the molecule is Cc1cc(N2CCCC2)nc(N2CCN(c3cnccc3C#N)CC2)n1. The Kier molecular flexibility index (Phi) is 4.57. The Morgan fingerprint density at radius 2 is 1.69 bits per heavy atom. The van der Waals surface area contributed by atoms with Crippen LogP contribution < -0.4 is 14.7 Å². The van der Waals surface area contributed by atoms with Crippen molar-refractivity contribution >= 4 is 17.5 Å². The number of anilines is 3. The third kappa shape index (κ3) is 3.27. The lowest BCUT2D eigenvalue weighted by atomic mass is 10.2. The summed E-state index contributed by atoms with van der Waals surface area (Å²) in [5.41, 5.74) is 2.60. The molecule has 0 atom stereocenters. The van der Waals surface area contributed by atoms with Crippen molar-refractivity contribution in [1.82, 2.24) is 15.0 Å². The summed E-state index contributed by atoms with van der Waals surface area (Å²) in [7, 11) is 0. The average molecular weight is 349 g/mol. The van der Waals surface area contributed by atoms with Crippen LogP contribution in [-0.4, -0.2) is 54.2 Å². The quantitative estimate of drug-likeness (QED) is 0.839. The Balaban J connectivity index is 1.49. The minimum absolute atomic E-state index is 0.677. The van der Waals surface area contributed by atoms with Gasteiger partial charge in [0.15, 0.2) is 0 Å². The molecular weight excluding hydrogens is 326 g/mol. The third-order valence-corrected chi connectivity index (χ3v) is 5.08. The summed E-state index contributed by atoms with van der Waals surface area (Å²) in [6.45, 7) is 7.54. The highest BCUT2D eigenvalue weighted by atomic mass is 15.3. The molecule has 0 radical (unpaired) electrons. The molecule has 2 aromatic heterocycles. The van der Waals surface area contributed by atoms with Crippen LogP contribution in [0.15, 0.2) is 24.5 Å². The summed E-state index contributed by atoms with van der Waals surface area (Å²) in [5, 5.41) is 9.30. The molecule has 0 spiro atoms. The molecule has 0 aliphatic carbocycles. The van der Waals surface area contributed by atoms with Gasteiger partial charge in [0.25, 0.3) is 0 Å². The zero-order chi connectivity index (χ0) is 17.9. The zero-order valence-electron chi connectivity index (χ0n) is 15.1. The molecule has 134 valence electrons. The topological polar surface area (TPSA) is 72.2 Å². The molecule has 2 saturated heterocycles. The summed E-state index contributed by atoms with van der Waals surface area (Å²) in [5.74, 6) is 1.87. The van der Waals surface area contributed by atoms with Crippen molar-refractivity contribution in [2.75, 3.05) is 54.0 Å². The molecule has 2 aliphatic heterocycles. The van der Waals surface area contributed by atoms with Crippen molar-refractivity contribution in [1.29, 1.82) is 5.26 Å². The normalized spacial score (nSPS) is 17.5. The van der Waals surface area contributed by atoms with E-state index in [1.807, 2.05) is 6.92 Å². The van der Waals surface area contributed by atoms with Crippen LogP contribution in [0, 0.1) is 18.3 Å². The van der Waals surface area contributed by atoms with E-state index < -0.39 is 0 Å². The fraction of sp³-hybridized carbons (Fsp3) is 0.474.